The Morgan fingerprint density at radius 1 is 1.36 bits per heavy atom. The van der Waals surface area contributed by atoms with Crippen molar-refractivity contribution >= 4 is 39.1 Å². The molecule has 114 valence electrons. The molecule has 0 spiro atoms. The van der Waals surface area contributed by atoms with Crippen LogP contribution in [0.5, 0.6) is 0 Å². The Kier molecular flexibility index (Phi) is 3.88. The average Bonchev–Trinajstić information content (AvgIpc) is 3.06. The summed E-state index contributed by atoms with van der Waals surface area (Å²) in [6.45, 7) is 4.01. The largest absolute Gasteiger partial charge is 0.318 e. The number of carbonyl (C=O) groups excluding carboxylic acids is 1. The van der Waals surface area contributed by atoms with E-state index in [-0.39, 0.29) is 11.9 Å². The third-order valence-electron chi connectivity index (χ3n) is 3.33. The van der Waals surface area contributed by atoms with E-state index in [0.29, 0.717) is 15.5 Å². The summed E-state index contributed by atoms with van der Waals surface area (Å²) in [6, 6.07) is 7.57. The molecule has 1 amide bonds. The summed E-state index contributed by atoms with van der Waals surface area (Å²) in [5.74, 6) is -0.349. The molecule has 0 N–H and O–H groups in total. The standard InChI is InChI=1S/C15H15ClN4OS/c1-9(2)20-8-7-11(18-20)14(21)17-15-19(3)13-10(16)5-4-6-12(13)22-15/h4-9H,1-3H3. The number of hydrogen-bond acceptors (Lipinski definition) is 3. The number of halogens is 1. The van der Waals surface area contributed by atoms with Crippen molar-refractivity contribution in [2.24, 2.45) is 12.0 Å². The highest BCUT2D eigenvalue weighted by atomic mass is 35.5. The molecule has 2 heterocycles. The van der Waals surface area contributed by atoms with Crippen molar-refractivity contribution in [3.8, 4) is 0 Å². The Morgan fingerprint density at radius 2 is 2.14 bits per heavy atom. The molecular formula is C15H15ClN4OS. The van der Waals surface area contributed by atoms with Crippen LogP contribution in [-0.2, 0) is 7.05 Å². The second kappa shape index (κ2) is 5.70. The van der Waals surface area contributed by atoms with E-state index in [2.05, 4.69) is 10.1 Å². The van der Waals surface area contributed by atoms with Crippen molar-refractivity contribution < 1.29 is 4.79 Å². The molecule has 3 rings (SSSR count). The number of aryl methyl sites for hydroxylation is 1. The van der Waals surface area contributed by atoms with E-state index in [9.17, 15) is 4.79 Å². The SMILES string of the molecule is CC(C)n1ccc(C(=O)N=c2sc3cccc(Cl)c3n2C)n1. The van der Waals surface area contributed by atoms with Gasteiger partial charge in [-0.2, -0.15) is 10.1 Å². The van der Waals surface area contributed by atoms with Gasteiger partial charge in [0.25, 0.3) is 5.91 Å². The summed E-state index contributed by atoms with van der Waals surface area (Å²) >= 11 is 7.64. The van der Waals surface area contributed by atoms with E-state index in [1.54, 1.807) is 16.9 Å². The van der Waals surface area contributed by atoms with E-state index in [1.165, 1.54) is 11.3 Å². The highest BCUT2D eigenvalue weighted by molar-refractivity contribution is 7.16. The molecule has 22 heavy (non-hydrogen) atoms. The zero-order valence-electron chi connectivity index (χ0n) is 12.4. The molecule has 0 atom stereocenters. The maximum absolute atomic E-state index is 12.3. The van der Waals surface area contributed by atoms with Crippen LogP contribution >= 0.6 is 22.9 Å². The number of para-hydroxylation sites is 1. The third-order valence-corrected chi connectivity index (χ3v) is 4.73. The Hall–Kier alpha value is -1.92. The minimum atomic E-state index is -0.349. The number of benzene rings is 1. The van der Waals surface area contributed by atoms with Crippen LogP contribution in [0.25, 0.3) is 10.2 Å². The molecule has 1 aromatic carbocycles. The Labute approximate surface area is 136 Å². The first-order chi connectivity index (χ1) is 10.5. The lowest BCUT2D eigenvalue weighted by Gasteiger charge is -2.02. The second-order valence-corrected chi connectivity index (χ2v) is 6.64. The molecule has 0 aliphatic carbocycles. The molecule has 0 unspecified atom stereocenters. The van der Waals surface area contributed by atoms with Gasteiger partial charge in [0.1, 0.15) is 0 Å². The lowest BCUT2D eigenvalue weighted by Crippen LogP contribution is -2.14. The fraction of sp³-hybridized carbons (Fsp3) is 0.267. The minimum Gasteiger partial charge on any atom is -0.318 e. The molecule has 0 saturated heterocycles. The third kappa shape index (κ3) is 2.60. The number of fused-ring (bicyclic) bond motifs is 1. The highest BCUT2D eigenvalue weighted by Crippen LogP contribution is 2.24. The second-order valence-electron chi connectivity index (χ2n) is 5.22. The van der Waals surface area contributed by atoms with E-state index in [0.717, 1.165) is 10.2 Å². The van der Waals surface area contributed by atoms with Crippen LogP contribution in [0.15, 0.2) is 35.5 Å². The maximum Gasteiger partial charge on any atom is 0.300 e. The predicted octanol–water partition coefficient (Wildman–Crippen LogP) is 3.41. The predicted molar refractivity (Wildman–Crippen MR) is 88.3 cm³/mol. The number of hydrogen-bond donors (Lipinski definition) is 0. The molecule has 5 nitrogen and oxygen atoms in total. The number of nitrogens with zero attached hydrogens (tertiary/aromatic N) is 4. The lowest BCUT2D eigenvalue weighted by molar-refractivity contribution is 0.0992. The van der Waals surface area contributed by atoms with Crippen molar-refractivity contribution in [1.29, 1.82) is 0 Å². The zero-order chi connectivity index (χ0) is 15.9. The summed E-state index contributed by atoms with van der Waals surface area (Å²) in [4.78, 5) is 17.1. The number of aromatic nitrogens is 3. The van der Waals surface area contributed by atoms with Crippen LogP contribution in [0.3, 0.4) is 0 Å². The van der Waals surface area contributed by atoms with E-state index < -0.39 is 0 Å². The van der Waals surface area contributed by atoms with Gasteiger partial charge in [-0.05, 0) is 32.0 Å². The normalized spacial score (nSPS) is 12.5. The number of thiazole rings is 1. The summed E-state index contributed by atoms with van der Waals surface area (Å²) < 4.78 is 4.57. The molecule has 0 aliphatic rings. The fourth-order valence-electron chi connectivity index (χ4n) is 2.15. The van der Waals surface area contributed by atoms with Crippen LogP contribution in [0.1, 0.15) is 30.4 Å². The van der Waals surface area contributed by atoms with Gasteiger partial charge in [-0.3, -0.25) is 9.48 Å². The van der Waals surface area contributed by atoms with Crippen molar-refractivity contribution in [3.63, 3.8) is 0 Å². The quantitative estimate of drug-likeness (QED) is 0.721. The van der Waals surface area contributed by atoms with Gasteiger partial charge in [0.05, 0.1) is 15.2 Å². The van der Waals surface area contributed by atoms with Crippen LogP contribution in [-0.4, -0.2) is 20.3 Å². The topological polar surface area (TPSA) is 52.2 Å². The zero-order valence-corrected chi connectivity index (χ0v) is 14.0. The van der Waals surface area contributed by atoms with Crippen molar-refractivity contribution in [2.75, 3.05) is 0 Å². The van der Waals surface area contributed by atoms with Gasteiger partial charge in [0.2, 0.25) is 0 Å². The van der Waals surface area contributed by atoms with E-state index in [4.69, 9.17) is 11.6 Å². The molecule has 0 fully saturated rings. The Morgan fingerprint density at radius 3 is 2.77 bits per heavy atom. The van der Waals surface area contributed by atoms with Gasteiger partial charge < -0.3 is 4.57 Å². The molecule has 0 radical (unpaired) electrons. The Bertz CT molecular complexity index is 919. The molecule has 0 bridgehead atoms. The number of carbonyl (C=O) groups is 1. The first-order valence-electron chi connectivity index (χ1n) is 6.85. The summed E-state index contributed by atoms with van der Waals surface area (Å²) in [5.41, 5.74) is 1.23. The van der Waals surface area contributed by atoms with Crippen molar-refractivity contribution in [1.82, 2.24) is 14.3 Å². The first kappa shape index (κ1) is 15.0. The number of rotatable bonds is 2. The van der Waals surface area contributed by atoms with E-state index >= 15 is 0 Å². The monoisotopic (exact) mass is 334 g/mol. The Balaban J connectivity index is 2.06. The highest BCUT2D eigenvalue weighted by Gasteiger charge is 2.12. The molecule has 0 saturated carbocycles. The molecule has 3 aromatic rings. The molecule has 0 aliphatic heterocycles. The molecular weight excluding hydrogens is 320 g/mol. The molecule has 2 aromatic heterocycles. The maximum atomic E-state index is 12.3. The minimum absolute atomic E-state index is 0.209. The first-order valence-corrected chi connectivity index (χ1v) is 8.05. The summed E-state index contributed by atoms with van der Waals surface area (Å²) in [6.07, 6.45) is 1.79. The average molecular weight is 335 g/mol. The van der Waals surface area contributed by atoms with Gasteiger partial charge in [-0.1, -0.05) is 29.0 Å². The fourth-order valence-corrected chi connectivity index (χ4v) is 3.55. The van der Waals surface area contributed by atoms with Crippen LogP contribution in [0.2, 0.25) is 5.02 Å². The van der Waals surface area contributed by atoms with Crippen LogP contribution in [0, 0.1) is 0 Å². The van der Waals surface area contributed by atoms with Gasteiger partial charge in [0.15, 0.2) is 10.5 Å². The van der Waals surface area contributed by atoms with Gasteiger partial charge in [-0.25, -0.2) is 0 Å². The van der Waals surface area contributed by atoms with Gasteiger partial charge in [-0.15, -0.1) is 0 Å². The van der Waals surface area contributed by atoms with Crippen molar-refractivity contribution in [2.45, 2.75) is 19.9 Å². The summed E-state index contributed by atoms with van der Waals surface area (Å²) in [5, 5.41) is 4.90. The van der Waals surface area contributed by atoms with E-state index in [1.807, 2.05) is 43.7 Å². The van der Waals surface area contributed by atoms with Crippen LogP contribution in [0.4, 0.5) is 0 Å². The number of amides is 1. The summed E-state index contributed by atoms with van der Waals surface area (Å²) in [7, 11) is 1.85. The molecule has 7 heteroatoms. The van der Waals surface area contributed by atoms with Crippen LogP contribution < -0.4 is 4.80 Å². The van der Waals surface area contributed by atoms with Gasteiger partial charge >= 0.3 is 0 Å². The van der Waals surface area contributed by atoms with Gasteiger partial charge in [0, 0.05) is 19.3 Å². The smallest absolute Gasteiger partial charge is 0.300 e. The lowest BCUT2D eigenvalue weighted by atomic mass is 10.3. The van der Waals surface area contributed by atoms with Crippen molar-refractivity contribution in [3.05, 3.63) is 46.0 Å².